The van der Waals surface area contributed by atoms with Gasteiger partial charge in [-0.1, -0.05) is 11.6 Å². The molecule has 0 radical (unpaired) electrons. The topological polar surface area (TPSA) is 49.7 Å². The van der Waals surface area contributed by atoms with Gasteiger partial charge in [0.1, 0.15) is 11.9 Å². The first-order valence-electron chi connectivity index (χ1n) is 4.67. The minimum Gasteiger partial charge on any atom is -0.495 e. The van der Waals surface area contributed by atoms with Gasteiger partial charge in [0.15, 0.2) is 0 Å². The molecule has 0 saturated heterocycles. The molecule has 0 aliphatic rings. The monoisotopic (exact) mass is 230 g/mol. The van der Waals surface area contributed by atoms with Crippen LogP contribution in [-0.4, -0.2) is 23.4 Å². The first-order chi connectivity index (χ1) is 6.97. The summed E-state index contributed by atoms with van der Waals surface area (Å²) in [5.74, 6) is 0.565. The number of benzene rings is 1. The zero-order chi connectivity index (χ0) is 11.6. The van der Waals surface area contributed by atoms with Crippen molar-refractivity contribution in [2.24, 2.45) is 0 Å². The third-order valence-corrected chi connectivity index (χ3v) is 2.61. The van der Waals surface area contributed by atoms with Gasteiger partial charge in [-0.15, -0.1) is 0 Å². The predicted molar refractivity (Wildman–Crippen MR) is 59.4 cm³/mol. The van der Waals surface area contributed by atoms with E-state index in [1.54, 1.807) is 12.1 Å². The number of rotatable bonds is 3. The molecule has 0 fully saturated rings. The lowest BCUT2D eigenvalue weighted by molar-refractivity contribution is 0.0301. The van der Waals surface area contributed by atoms with Crippen LogP contribution in [0, 0.1) is 6.92 Å². The highest BCUT2D eigenvalue weighted by atomic mass is 35.5. The molecular weight excluding hydrogens is 216 g/mol. The number of aliphatic hydroxyl groups is 2. The van der Waals surface area contributed by atoms with Crippen molar-refractivity contribution in [1.82, 2.24) is 0 Å². The van der Waals surface area contributed by atoms with Gasteiger partial charge in [-0.25, -0.2) is 0 Å². The third kappa shape index (κ3) is 2.62. The smallest absolute Gasteiger partial charge is 0.137 e. The van der Waals surface area contributed by atoms with E-state index in [4.69, 9.17) is 16.3 Å². The fraction of sp³-hybridized carbons (Fsp3) is 0.455. The maximum Gasteiger partial charge on any atom is 0.137 e. The summed E-state index contributed by atoms with van der Waals surface area (Å²) in [4.78, 5) is 0. The van der Waals surface area contributed by atoms with Crippen LogP contribution in [0.4, 0.5) is 0 Å². The van der Waals surface area contributed by atoms with Gasteiger partial charge in [-0.3, -0.25) is 0 Å². The molecule has 2 unspecified atom stereocenters. The molecule has 0 aliphatic heterocycles. The SMILES string of the molecule is COc1cc(C)c(C(O)C(C)O)cc1Cl. The second-order valence-corrected chi connectivity index (χ2v) is 3.94. The summed E-state index contributed by atoms with van der Waals surface area (Å²) in [6.07, 6.45) is -1.75. The lowest BCUT2D eigenvalue weighted by atomic mass is 10.00. The molecule has 2 atom stereocenters. The molecule has 0 amide bonds. The van der Waals surface area contributed by atoms with Crippen LogP contribution in [0.15, 0.2) is 12.1 Å². The van der Waals surface area contributed by atoms with E-state index < -0.39 is 12.2 Å². The van der Waals surface area contributed by atoms with E-state index in [1.165, 1.54) is 14.0 Å². The maximum absolute atomic E-state index is 9.72. The molecule has 2 N–H and O–H groups in total. The standard InChI is InChI=1S/C11H15ClO3/c1-6-4-10(15-3)9(12)5-8(6)11(14)7(2)13/h4-5,7,11,13-14H,1-3H3. The highest BCUT2D eigenvalue weighted by molar-refractivity contribution is 6.32. The highest BCUT2D eigenvalue weighted by Gasteiger charge is 2.17. The predicted octanol–water partition coefficient (Wildman–Crippen LogP) is 2.07. The van der Waals surface area contributed by atoms with Crippen LogP contribution < -0.4 is 4.74 Å². The molecule has 84 valence electrons. The number of halogens is 1. The molecule has 1 rings (SSSR count). The number of hydrogen-bond acceptors (Lipinski definition) is 3. The summed E-state index contributed by atoms with van der Waals surface area (Å²) < 4.78 is 5.04. The van der Waals surface area contributed by atoms with Crippen molar-refractivity contribution in [2.75, 3.05) is 7.11 Å². The zero-order valence-corrected chi connectivity index (χ0v) is 9.75. The molecule has 15 heavy (non-hydrogen) atoms. The fourth-order valence-electron chi connectivity index (χ4n) is 1.41. The Kier molecular flexibility index (Phi) is 3.97. The minimum absolute atomic E-state index is 0.429. The Morgan fingerprint density at radius 2 is 1.93 bits per heavy atom. The molecule has 1 aromatic rings. The Labute approximate surface area is 94.3 Å². The molecule has 4 heteroatoms. The first kappa shape index (κ1) is 12.3. The van der Waals surface area contributed by atoms with Crippen LogP contribution in [-0.2, 0) is 0 Å². The third-order valence-electron chi connectivity index (χ3n) is 2.32. The van der Waals surface area contributed by atoms with Crippen LogP contribution in [0.5, 0.6) is 5.75 Å². The van der Waals surface area contributed by atoms with Crippen molar-refractivity contribution in [1.29, 1.82) is 0 Å². The van der Waals surface area contributed by atoms with Gasteiger partial charge >= 0.3 is 0 Å². The molecule has 0 heterocycles. The normalized spacial score (nSPS) is 14.8. The Morgan fingerprint density at radius 1 is 1.33 bits per heavy atom. The summed E-state index contributed by atoms with van der Waals surface area (Å²) in [7, 11) is 1.53. The van der Waals surface area contributed by atoms with Crippen molar-refractivity contribution < 1.29 is 14.9 Å². The van der Waals surface area contributed by atoms with Crippen molar-refractivity contribution in [3.8, 4) is 5.75 Å². The number of aryl methyl sites for hydroxylation is 1. The Balaban J connectivity index is 3.15. The van der Waals surface area contributed by atoms with Crippen LogP contribution >= 0.6 is 11.6 Å². The summed E-state index contributed by atoms with van der Waals surface area (Å²) in [6, 6.07) is 3.36. The van der Waals surface area contributed by atoms with Gasteiger partial charge in [0.05, 0.1) is 18.2 Å². The van der Waals surface area contributed by atoms with Crippen molar-refractivity contribution in [2.45, 2.75) is 26.1 Å². The number of aliphatic hydroxyl groups excluding tert-OH is 2. The van der Waals surface area contributed by atoms with Crippen LogP contribution in [0.1, 0.15) is 24.2 Å². The van der Waals surface area contributed by atoms with E-state index in [9.17, 15) is 10.2 Å². The molecule has 0 bridgehead atoms. The Hall–Kier alpha value is -0.770. The van der Waals surface area contributed by atoms with E-state index in [1.807, 2.05) is 6.92 Å². The van der Waals surface area contributed by atoms with Gasteiger partial charge in [-0.2, -0.15) is 0 Å². The van der Waals surface area contributed by atoms with Gasteiger partial charge in [0.25, 0.3) is 0 Å². The van der Waals surface area contributed by atoms with Gasteiger partial charge in [0, 0.05) is 0 Å². The molecule has 0 aromatic heterocycles. The van der Waals surface area contributed by atoms with E-state index in [-0.39, 0.29) is 0 Å². The molecule has 3 nitrogen and oxygen atoms in total. The van der Waals surface area contributed by atoms with E-state index in [0.29, 0.717) is 16.3 Å². The average Bonchev–Trinajstić information content (AvgIpc) is 2.19. The second-order valence-electron chi connectivity index (χ2n) is 3.53. The minimum atomic E-state index is -0.923. The van der Waals surface area contributed by atoms with Crippen LogP contribution in [0.3, 0.4) is 0 Å². The summed E-state index contributed by atoms with van der Waals surface area (Å²) in [6.45, 7) is 3.36. The number of methoxy groups -OCH3 is 1. The quantitative estimate of drug-likeness (QED) is 0.836. The average molecular weight is 231 g/mol. The fourth-order valence-corrected chi connectivity index (χ4v) is 1.65. The van der Waals surface area contributed by atoms with Crippen LogP contribution in [0.2, 0.25) is 5.02 Å². The number of ether oxygens (including phenoxy) is 1. The molecular formula is C11H15ClO3. The lowest BCUT2D eigenvalue weighted by Crippen LogP contribution is -2.15. The summed E-state index contributed by atoms with van der Waals surface area (Å²) in [5.41, 5.74) is 1.46. The van der Waals surface area contributed by atoms with E-state index >= 15 is 0 Å². The van der Waals surface area contributed by atoms with Crippen LogP contribution in [0.25, 0.3) is 0 Å². The largest absolute Gasteiger partial charge is 0.495 e. The van der Waals surface area contributed by atoms with E-state index in [0.717, 1.165) is 5.56 Å². The van der Waals surface area contributed by atoms with Gasteiger partial charge < -0.3 is 14.9 Å². The maximum atomic E-state index is 9.72. The van der Waals surface area contributed by atoms with E-state index in [2.05, 4.69) is 0 Å². The van der Waals surface area contributed by atoms with Crippen molar-refractivity contribution in [3.05, 3.63) is 28.3 Å². The molecule has 0 spiro atoms. The van der Waals surface area contributed by atoms with Crippen molar-refractivity contribution in [3.63, 3.8) is 0 Å². The Morgan fingerprint density at radius 3 is 2.40 bits per heavy atom. The summed E-state index contributed by atoms with van der Waals surface area (Å²) in [5, 5.41) is 19.4. The molecule has 1 aromatic carbocycles. The zero-order valence-electron chi connectivity index (χ0n) is 8.99. The molecule has 0 aliphatic carbocycles. The van der Waals surface area contributed by atoms with Gasteiger partial charge in [-0.05, 0) is 37.1 Å². The first-order valence-corrected chi connectivity index (χ1v) is 5.05. The second kappa shape index (κ2) is 4.84. The Bertz CT molecular complexity index is 350. The highest BCUT2D eigenvalue weighted by Crippen LogP contribution is 2.31. The number of hydrogen-bond donors (Lipinski definition) is 2. The molecule has 0 saturated carbocycles. The summed E-state index contributed by atoms with van der Waals surface area (Å²) >= 11 is 5.93. The van der Waals surface area contributed by atoms with Crippen molar-refractivity contribution >= 4 is 11.6 Å². The lowest BCUT2D eigenvalue weighted by Gasteiger charge is -2.17. The van der Waals surface area contributed by atoms with Gasteiger partial charge in [0.2, 0.25) is 0 Å².